The first-order valence-corrected chi connectivity index (χ1v) is 5.98. The summed E-state index contributed by atoms with van der Waals surface area (Å²) >= 11 is 0. The van der Waals surface area contributed by atoms with E-state index in [9.17, 15) is 8.42 Å². The van der Waals surface area contributed by atoms with Gasteiger partial charge in [0.05, 0.1) is 11.5 Å². The molecule has 0 bridgehead atoms. The van der Waals surface area contributed by atoms with Crippen LogP contribution >= 0.6 is 0 Å². The van der Waals surface area contributed by atoms with Crippen LogP contribution in [0.4, 0.5) is 0 Å². The molecule has 0 aliphatic rings. The highest BCUT2D eigenvalue weighted by Crippen LogP contribution is 2.15. The Morgan fingerprint density at radius 1 is 1.38 bits per heavy atom. The zero-order valence-electron chi connectivity index (χ0n) is 9.08. The fourth-order valence-electron chi connectivity index (χ4n) is 1.11. The Morgan fingerprint density at radius 2 is 2.06 bits per heavy atom. The first kappa shape index (κ1) is 12.4. The van der Waals surface area contributed by atoms with Gasteiger partial charge >= 0.3 is 0 Å². The highest BCUT2D eigenvalue weighted by Gasteiger charge is 2.16. The van der Waals surface area contributed by atoms with E-state index in [1.165, 1.54) is 32.4 Å². The van der Waals surface area contributed by atoms with E-state index in [2.05, 4.69) is 4.85 Å². The fraction of sp³-hybridized carbons (Fsp3) is 0.182. The van der Waals surface area contributed by atoms with E-state index < -0.39 is 10.0 Å². The van der Waals surface area contributed by atoms with Crippen molar-refractivity contribution in [1.82, 2.24) is 4.31 Å². The number of nitrogens with zero attached hydrogens (tertiary/aromatic N) is 2. The number of hydrogen-bond donors (Lipinski definition) is 0. The van der Waals surface area contributed by atoms with Crippen LogP contribution in [0, 0.1) is 6.57 Å². The smallest absolute Gasteiger partial charge is 0.242 e. The molecule has 1 aromatic rings. The molecule has 0 radical (unpaired) electrons. The Labute approximate surface area is 95.7 Å². The van der Waals surface area contributed by atoms with Crippen LogP contribution in [0.1, 0.15) is 5.56 Å². The van der Waals surface area contributed by atoms with Crippen molar-refractivity contribution in [2.45, 2.75) is 4.90 Å². The Hall–Kier alpha value is -1.64. The molecule has 0 aliphatic carbocycles. The third-order valence-electron chi connectivity index (χ3n) is 1.98. The molecule has 0 saturated carbocycles. The number of benzene rings is 1. The number of hydrogen-bond acceptors (Lipinski definition) is 2. The largest absolute Gasteiger partial charge is 0.246 e. The van der Waals surface area contributed by atoms with E-state index in [1.807, 2.05) is 0 Å². The van der Waals surface area contributed by atoms with Gasteiger partial charge < -0.3 is 0 Å². The molecule has 0 unspecified atom stereocenters. The predicted molar refractivity (Wildman–Crippen MR) is 63.0 cm³/mol. The van der Waals surface area contributed by atoms with Crippen molar-refractivity contribution in [3.63, 3.8) is 0 Å². The molecule has 5 heteroatoms. The van der Waals surface area contributed by atoms with Crippen LogP contribution < -0.4 is 0 Å². The Bertz CT molecular complexity index is 539. The first-order valence-electron chi connectivity index (χ1n) is 4.54. The van der Waals surface area contributed by atoms with Crippen LogP contribution in [-0.4, -0.2) is 26.8 Å². The van der Waals surface area contributed by atoms with Gasteiger partial charge in [0.25, 0.3) is 0 Å². The normalized spacial score (nSPS) is 11.9. The second-order valence-electron chi connectivity index (χ2n) is 3.30. The average Bonchev–Trinajstić information content (AvgIpc) is 2.26. The summed E-state index contributed by atoms with van der Waals surface area (Å²) in [5.41, 5.74) is 0.693. The molecule has 4 nitrogen and oxygen atoms in total. The second-order valence-corrected chi connectivity index (χ2v) is 5.46. The Balaban J connectivity index is 3.19. The molecule has 0 aliphatic heterocycles. The zero-order valence-corrected chi connectivity index (χ0v) is 9.90. The lowest BCUT2D eigenvalue weighted by Crippen LogP contribution is -2.22. The average molecular weight is 236 g/mol. The van der Waals surface area contributed by atoms with Crippen LogP contribution in [0.2, 0.25) is 0 Å². The molecule has 0 atom stereocenters. The summed E-state index contributed by atoms with van der Waals surface area (Å²) in [7, 11) is -0.436. The van der Waals surface area contributed by atoms with Gasteiger partial charge in [0.15, 0.2) is 6.20 Å². The molecular formula is C11H12N2O2S. The lowest BCUT2D eigenvalue weighted by Gasteiger charge is -2.11. The van der Waals surface area contributed by atoms with Crippen molar-refractivity contribution >= 4 is 16.1 Å². The standard InChI is InChI=1S/C11H12N2O2S/c1-12-8-7-10-5-4-6-11(9-10)16(14,15)13(2)3/h4-9H,2-3H3/b8-7+. The van der Waals surface area contributed by atoms with Gasteiger partial charge in [0.1, 0.15) is 0 Å². The molecule has 1 aromatic carbocycles. The summed E-state index contributed by atoms with van der Waals surface area (Å²) in [5, 5.41) is 0. The lowest BCUT2D eigenvalue weighted by atomic mass is 10.2. The molecule has 0 spiro atoms. The summed E-state index contributed by atoms with van der Waals surface area (Å²) in [6.45, 7) is 6.61. The molecule has 1 rings (SSSR count). The van der Waals surface area contributed by atoms with Crippen LogP contribution in [-0.2, 0) is 10.0 Å². The molecule has 16 heavy (non-hydrogen) atoms. The van der Waals surface area contributed by atoms with E-state index in [0.717, 1.165) is 4.31 Å². The van der Waals surface area contributed by atoms with Gasteiger partial charge in [-0.05, 0) is 17.7 Å². The maximum absolute atomic E-state index is 11.8. The summed E-state index contributed by atoms with van der Waals surface area (Å²) < 4.78 is 24.8. The fourth-order valence-corrected chi connectivity index (χ4v) is 2.07. The Kier molecular flexibility index (Phi) is 3.82. The highest BCUT2D eigenvalue weighted by atomic mass is 32.2. The zero-order chi connectivity index (χ0) is 12.2. The first-order chi connectivity index (χ1) is 7.48. The predicted octanol–water partition coefficient (Wildman–Crippen LogP) is 1.83. The summed E-state index contributed by atoms with van der Waals surface area (Å²) in [5.74, 6) is 0. The van der Waals surface area contributed by atoms with Crippen LogP contribution in [0.5, 0.6) is 0 Å². The van der Waals surface area contributed by atoms with Gasteiger partial charge in [-0.3, -0.25) is 0 Å². The maximum atomic E-state index is 11.8. The molecule has 84 valence electrons. The summed E-state index contributed by atoms with van der Waals surface area (Å²) in [6, 6.07) is 6.47. The second kappa shape index (κ2) is 4.92. The van der Waals surface area contributed by atoms with E-state index in [0.29, 0.717) is 5.56 Å². The van der Waals surface area contributed by atoms with E-state index in [4.69, 9.17) is 6.57 Å². The van der Waals surface area contributed by atoms with Crippen molar-refractivity contribution < 1.29 is 8.42 Å². The molecule has 0 N–H and O–H groups in total. The topological polar surface area (TPSA) is 41.7 Å². The quantitative estimate of drug-likeness (QED) is 0.751. The van der Waals surface area contributed by atoms with Crippen molar-refractivity contribution in [1.29, 1.82) is 0 Å². The molecule has 0 aromatic heterocycles. The van der Waals surface area contributed by atoms with Crippen LogP contribution in [0.15, 0.2) is 35.4 Å². The highest BCUT2D eigenvalue weighted by molar-refractivity contribution is 7.89. The minimum Gasteiger partial charge on any atom is -0.246 e. The van der Waals surface area contributed by atoms with E-state index >= 15 is 0 Å². The van der Waals surface area contributed by atoms with Gasteiger partial charge in [-0.2, -0.15) is 0 Å². The van der Waals surface area contributed by atoms with Gasteiger partial charge in [-0.25, -0.2) is 17.6 Å². The third kappa shape index (κ3) is 2.69. The van der Waals surface area contributed by atoms with Gasteiger partial charge in [0.2, 0.25) is 10.0 Å². The third-order valence-corrected chi connectivity index (χ3v) is 3.79. The molecule has 0 fully saturated rings. The minimum atomic E-state index is -3.40. The van der Waals surface area contributed by atoms with Gasteiger partial charge in [-0.1, -0.05) is 18.2 Å². The molecule has 0 amide bonds. The molecule has 0 saturated heterocycles. The summed E-state index contributed by atoms with van der Waals surface area (Å²) in [4.78, 5) is 3.29. The minimum absolute atomic E-state index is 0.227. The van der Waals surface area contributed by atoms with E-state index in [1.54, 1.807) is 18.2 Å². The van der Waals surface area contributed by atoms with Crippen LogP contribution in [0.3, 0.4) is 0 Å². The monoisotopic (exact) mass is 236 g/mol. The maximum Gasteiger partial charge on any atom is 0.242 e. The van der Waals surface area contributed by atoms with Gasteiger partial charge in [-0.15, -0.1) is 0 Å². The Morgan fingerprint density at radius 3 is 2.62 bits per heavy atom. The lowest BCUT2D eigenvalue weighted by molar-refractivity contribution is 0.520. The van der Waals surface area contributed by atoms with Crippen LogP contribution in [0.25, 0.3) is 10.9 Å². The number of sulfonamides is 1. The van der Waals surface area contributed by atoms with Crippen molar-refractivity contribution in [3.8, 4) is 0 Å². The molecule has 0 heterocycles. The van der Waals surface area contributed by atoms with Crippen molar-refractivity contribution in [2.75, 3.05) is 14.1 Å². The summed E-state index contributed by atoms with van der Waals surface area (Å²) in [6.07, 6.45) is 2.86. The SMILES string of the molecule is [C-]#[N+]/C=C/c1cccc(S(=O)(=O)N(C)C)c1. The van der Waals surface area contributed by atoms with Crippen molar-refractivity contribution in [3.05, 3.63) is 47.4 Å². The molecular weight excluding hydrogens is 224 g/mol. The van der Waals surface area contributed by atoms with Crippen molar-refractivity contribution in [2.24, 2.45) is 0 Å². The van der Waals surface area contributed by atoms with E-state index in [-0.39, 0.29) is 4.90 Å². The van der Waals surface area contributed by atoms with Gasteiger partial charge in [0, 0.05) is 14.1 Å². The number of rotatable bonds is 3.